The van der Waals surface area contributed by atoms with Crippen LogP contribution in [0.5, 0.6) is 0 Å². The van der Waals surface area contributed by atoms with Crippen LogP contribution >= 0.6 is 0 Å². The van der Waals surface area contributed by atoms with Crippen molar-refractivity contribution in [3.05, 3.63) is 58.9 Å². The van der Waals surface area contributed by atoms with Gasteiger partial charge in [-0.15, -0.1) is 0 Å². The van der Waals surface area contributed by atoms with Gasteiger partial charge in [-0.2, -0.15) is 0 Å². The third-order valence-corrected chi connectivity index (χ3v) is 6.50. The fraction of sp³-hybridized carbons (Fsp3) is 0.250. The third-order valence-electron chi connectivity index (χ3n) is 3.78. The first-order chi connectivity index (χ1) is 12.0. The zero-order valence-corrected chi connectivity index (χ0v) is 15.3. The lowest BCUT2D eigenvalue weighted by molar-refractivity contribution is 0.432. The molecule has 0 heterocycles. The lowest BCUT2D eigenvalue weighted by atomic mass is 10.1. The summed E-state index contributed by atoms with van der Waals surface area (Å²) in [5, 5.41) is 4.72. The van der Waals surface area contributed by atoms with Crippen LogP contribution in [0, 0.1) is 17.5 Å². The minimum Gasteiger partial charge on any atom is -0.224 e. The molecule has 0 aromatic heterocycles. The summed E-state index contributed by atoms with van der Waals surface area (Å²) in [5.74, 6) is -6.37. The molecule has 2 aromatic rings. The molecule has 0 saturated heterocycles. The van der Waals surface area contributed by atoms with Gasteiger partial charge in [0, 0.05) is 5.56 Å². The minimum atomic E-state index is -4.92. The Balaban J connectivity index is 2.62. The molecule has 0 aliphatic carbocycles. The molecular weight excluding hydrogens is 391 g/mol. The van der Waals surface area contributed by atoms with Gasteiger partial charge in [-0.05, 0) is 18.4 Å². The van der Waals surface area contributed by atoms with Gasteiger partial charge in [0.1, 0.15) is 4.90 Å². The summed E-state index contributed by atoms with van der Waals surface area (Å²) >= 11 is 0. The first kappa shape index (κ1) is 20.4. The number of sulfone groups is 1. The van der Waals surface area contributed by atoms with E-state index in [0.29, 0.717) is 5.56 Å². The smallest absolute Gasteiger partial charge is 0.224 e. The first-order valence-corrected chi connectivity index (χ1v) is 10.7. The molecule has 0 atom stereocenters. The van der Waals surface area contributed by atoms with Crippen molar-refractivity contribution in [2.45, 2.75) is 29.6 Å². The van der Waals surface area contributed by atoms with Crippen molar-refractivity contribution in [1.82, 2.24) is 0 Å². The average Bonchev–Trinajstić information content (AvgIpc) is 2.55. The molecule has 0 radical (unpaired) electrons. The molecule has 0 fully saturated rings. The zero-order valence-electron chi connectivity index (χ0n) is 13.7. The second kappa shape index (κ2) is 7.37. The van der Waals surface area contributed by atoms with Crippen molar-refractivity contribution in [2.75, 3.05) is 5.75 Å². The molecule has 0 unspecified atom stereocenters. The molecule has 10 heteroatoms. The van der Waals surface area contributed by atoms with Gasteiger partial charge in [0.15, 0.2) is 32.2 Å². The van der Waals surface area contributed by atoms with E-state index >= 15 is 0 Å². The van der Waals surface area contributed by atoms with Crippen LogP contribution in [-0.4, -0.2) is 22.6 Å². The van der Waals surface area contributed by atoms with Crippen molar-refractivity contribution in [2.24, 2.45) is 5.14 Å². The van der Waals surface area contributed by atoms with Crippen molar-refractivity contribution in [1.29, 1.82) is 0 Å². The highest BCUT2D eigenvalue weighted by Crippen LogP contribution is 2.32. The summed E-state index contributed by atoms with van der Waals surface area (Å²) in [6, 6.07) is 8.39. The van der Waals surface area contributed by atoms with Crippen LogP contribution in [0.15, 0.2) is 40.1 Å². The predicted molar refractivity (Wildman–Crippen MR) is 89.3 cm³/mol. The molecule has 0 spiro atoms. The van der Waals surface area contributed by atoms with Crippen molar-refractivity contribution < 1.29 is 30.0 Å². The molecule has 2 rings (SSSR count). The average molecular weight is 407 g/mol. The summed E-state index contributed by atoms with van der Waals surface area (Å²) in [5.41, 5.74) is -0.113. The third kappa shape index (κ3) is 3.92. The van der Waals surface area contributed by atoms with E-state index in [1.165, 1.54) is 6.92 Å². The number of halogens is 3. The summed E-state index contributed by atoms with van der Waals surface area (Å²) in [4.78, 5) is -2.84. The molecule has 0 amide bonds. The monoisotopic (exact) mass is 407 g/mol. The second-order valence-corrected chi connectivity index (χ2v) is 9.08. The number of hydrogen-bond acceptors (Lipinski definition) is 4. The molecule has 2 aromatic carbocycles. The molecule has 142 valence electrons. The zero-order chi connectivity index (χ0) is 19.7. The molecule has 26 heavy (non-hydrogen) atoms. The maximum absolute atomic E-state index is 14.4. The van der Waals surface area contributed by atoms with Crippen LogP contribution in [0.2, 0.25) is 0 Å². The Bertz CT molecular complexity index is 1040. The van der Waals surface area contributed by atoms with Gasteiger partial charge >= 0.3 is 0 Å². The van der Waals surface area contributed by atoms with Crippen molar-refractivity contribution >= 4 is 19.9 Å². The van der Waals surface area contributed by atoms with Crippen LogP contribution < -0.4 is 5.14 Å². The van der Waals surface area contributed by atoms with Gasteiger partial charge in [0.05, 0.1) is 5.75 Å². The van der Waals surface area contributed by atoms with Crippen molar-refractivity contribution in [3.63, 3.8) is 0 Å². The SMILES string of the molecule is CCc1c(F)c(S(N)(=O)=O)c(F)c(F)c1S(=O)(=O)CCc1ccccc1. The van der Waals surface area contributed by atoms with Gasteiger partial charge in [0.2, 0.25) is 10.0 Å². The second-order valence-electron chi connectivity index (χ2n) is 5.53. The van der Waals surface area contributed by atoms with E-state index in [9.17, 15) is 30.0 Å². The van der Waals surface area contributed by atoms with Gasteiger partial charge in [0.25, 0.3) is 0 Å². The molecule has 0 aliphatic rings. The number of hydrogen-bond donors (Lipinski definition) is 1. The Morgan fingerprint density at radius 3 is 1.92 bits per heavy atom. The van der Waals surface area contributed by atoms with E-state index in [0.717, 1.165) is 0 Å². The van der Waals surface area contributed by atoms with Gasteiger partial charge in [-0.3, -0.25) is 0 Å². The Labute approximate surface area is 149 Å². The van der Waals surface area contributed by atoms with E-state index in [2.05, 4.69) is 0 Å². The van der Waals surface area contributed by atoms with Gasteiger partial charge in [-0.25, -0.2) is 35.1 Å². The summed E-state index contributed by atoms with van der Waals surface area (Å²) in [7, 11) is -9.35. The van der Waals surface area contributed by atoms with E-state index in [-0.39, 0.29) is 12.8 Å². The molecule has 2 N–H and O–H groups in total. The largest absolute Gasteiger partial charge is 0.244 e. The van der Waals surface area contributed by atoms with E-state index in [1.807, 2.05) is 0 Å². The number of sulfonamides is 1. The summed E-state index contributed by atoms with van der Waals surface area (Å²) in [6.45, 7) is 1.29. The number of primary sulfonamides is 1. The fourth-order valence-electron chi connectivity index (χ4n) is 2.55. The quantitative estimate of drug-likeness (QED) is 0.744. The van der Waals surface area contributed by atoms with E-state index < -0.39 is 58.4 Å². The van der Waals surface area contributed by atoms with Crippen LogP contribution in [0.3, 0.4) is 0 Å². The van der Waals surface area contributed by atoms with Crippen LogP contribution in [0.25, 0.3) is 0 Å². The molecular formula is C16H16F3NO4S2. The highest BCUT2D eigenvalue weighted by atomic mass is 32.2. The Morgan fingerprint density at radius 1 is 0.885 bits per heavy atom. The minimum absolute atomic E-state index is 0.00799. The van der Waals surface area contributed by atoms with Crippen LogP contribution in [0.4, 0.5) is 13.2 Å². The number of rotatable bonds is 6. The highest BCUT2D eigenvalue weighted by molar-refractivity contribution is 7.91. The number of nitrogens with two attached hydrogens (primary N) is 1. The van der Waals surface area contributed by atoms with Gasteiger partial charge in [-0.1, -0.05) is 37.3 Å². The predicted octanol–water partition coefficient (Wildman–Crippen LogP) is 2.33. The molecule has 0 saturated carbocycles. The topological polar surface area (TPSA) is 94.3 Å². The molecule has 5 nitrogen and oxygen atoms in total. The van der Waals surface area contributed by atoms with Crippen molar-refractivity contribution in [3.8, 4) is 0 Å². The number of aryl methyl sites for hydroxylation is 1. The van der Waals surface area contributed by atoms with Crippen LogP contribution in [-0.2, 0) is 32.7 Å². The Kier molecular flexibility index (Phi) is 5.79. The van der Waals surface area contributed by atoms with Crippen LogP contribution in [0.1, 0.15) is 18.1 Å². The number of benzene rings is 2. The Morgan fingerprint density at radius 2 is 1.42 bits per heavy atom. The van der Waals surface area contributed by atoms with E-state index in [4.69, 9.17) is 5.14 Å². The fourth-order valence-corrected chi connectivity index (χ4v) is 4.95. The summed E-state index contributed by atoms with van der Waals surface area (Å²) in [6.07, 6.45) is -0.378. The highest BCUT2D eigenvalue weighted by Gasteiger charge is 2.35. The standard InChI is InChI=1S/C16H16F3NO4S2/c1-2-11-12(17)16(26(20,23)24)14(19)13(18)15(11)25(21,22)9-8-10-6-4-3-5-7-10/h3-7H,2,8-9H2,1H3,(H2,20,23,24). The van der Waals surface area contributed by atoms with Gasteiger partial charge < -0.3 is 0 Å². The lowest BCUT2D eigenvalue weighted by Crippen LogP contribution is -2.22. The maximum atomic E-state index is 14.4. The molecule has 0 bridgehead atoms. The molecule has 0 aliphatic heterocycles. The maximum Gasteiger partial charge on any atom is 0.244 e. The van der Waals surface area contributed by atoms with E-state index in [1.54, 1.807) is 30.3 Å². The Hall–Kier alpha value is -1.91. The lowest BCUT2D eigenvalue weighted by Gasteiger charge is -2.15. The summed E-state index contributed by atoms with van der Waals surface area (Å²) < 4.78 is 90.7. The first-order valence-electron chi connectivity index (χ1n) is 7.49. The normalized spacial score (nSPS) is 12.3.